The smallest absolute Gasteiger partial charge is 0.0684 e. The van der Waals surface area contributed by atoms with Crippen LogP contribution in [0.25, 0.3) is 0 Å². The Bertz CT molecular complexity index is 131. The summed E-state index contributed by atoms with van der Waals surface area (Å²) in [5.74, 6) is 0.699. The molecule has 1 N–H and O–H groups in total. The van der Waals surface area contributed by atoms with E-state index in [9.17, 15) is 5.11 Å². The predicted octanol–water partition coefficient (Wildman–Crippen LogP) is 2.11. The van der Waals surface area contributed by atoms with Crippen molar-refractivity contribution >= 4 is 0 Å². The van der Waals surface area contributed by atoms with Crippen molar-refractivity contribution in [2.45, 2.75) is 38.2 Å². The van der Waals surface area contributed by atoms with Gasteiger partial charge in [0.1, 0.15) is 0 Å². The van der Waals surface area contributed by atoms with E-state index < -0.39 is 5.60 Å². The van der Waals surface area contributed by atoms with Gasteiger partial charge in [0.05, 0.1) is 5.60 Å². The number of hydrogen-bond acceptors (Lipinski definition) is 1. The normalized spacial score (nSPS) is 40.0. The van der Waals surface area contributed by atoms with Gasteiger partial charge in [-0.3, -0.25) is 0 Å². The van der Waals surface area contributed by atoms with E-state index in [-0.39, 0.29) is 0 Å². The van der Waals surface area contributed by atoms with Crippen molar-refractivity contribution in [1.82, 2.24) is 0 Å². The molecule has 0 aromatic rings. The molecule has 10 heavy (non-hydrogen) atoms. The van der Waals surface area contributed by atoms with Crippen LogP contribution in [0.1, 0.15) is 32.6 Å². The molecule has 0 amide bonds. The third-order valence-electron chi connectivity index (χ3n) is 2.36. The number of rotatable bonds is 2. The zero-order chi connectivity index (χ0) is 7.61. The lowest BCUT2D eigenvalue weighted by Gasteiger charge is -2.19. The van der Waals surface area contributed by atoms with E-state index in [1.54, 1.807) is 0 Å². The molecule has 0 aromatic heterocycles. The summed E-state index contributed by atoms with van der Waals surface area (Å²) in [6.45, 7) is 5.83. The molecule has 0 radical (unpaired) electrons. The Kier molecular flexibility index (Phi) is 2.14. The highest BCUT2D eigenvalue weighted by atomic mass is 16.3. The average Bonchev–Trinajstić information content (AvgIpc) is 2.12. The average molecular weight is 140 g/mol. The van der Waals surface area contributed by atoms with Crippen LogP contribution in [0.15, 0.2) is 12.7 Å². The van der Waals surface area contributed by atoms with Gasteiger partial charge in [-0.25, -0.2) is 0 Å². The molecule has 0 unspecified atom stereocenters. The summed E-state index contributed by atoms with van der Waals surface area (Å²) in [5.41, 5.74) is -0.402. The molecule has 0 saturated heterocycles. The highest BCUT2D eigenvalue weighted by Crippen LogP contribution is 2.36. The minimum absolute atomic E-state index is 0.402. The first kappa shape index (κ1) is 7.80. The van der Waals surface area contributed by atoms with Crippen molar-refractivity contribution < 1.29 is 5.11 Å². The maximum atomic E-state index is 9.79. The molecule has 2 atom stereocenters. The van der Waals surface area contributed by atoms with Crippen LogP contribution in [0.5, 0.6) is 0 Å². The molecule has 1 aliphatic rings. The molecular formula is C9H16O. The van der Waals surface area contributed by atoms with Crippen molar-refractivity contribution in [2.24, 2.45) is 5.92 Å². The van der Waals surface area contributed by atoms with Crippen LogP contribution in [0.4, 0.5) is 0 Å². The molecule has 1 rings (SSSR count). The highest BCUT2D eigenvalue weighted by Gasteiger charge is 2.33. The SMILES string of the molecule is C=CC[C@@]1(O)CC[C@H](C)C1. The standard InChI is InChI=1S/C9H16O/c1-3-5-9(10)6-4-8(2)7-9/h3,8,10H,1,4-7H2,2H3/t8-,9+/m0/s1. The topological polar surface area (TPSA) is 20.2 Å². The largest absolute Gasteiger partial charge is 0.390 e. The maximum Gasteiger partial charge on any atom is 0.0684 e. The molecule has 0 aliphatic heterocycles. The highest BCUT2D eigenvalue weighted by molar-refractivity contribution is 4.92. The summed E-state index contributed by atoms with van der Waals surface area (Å²) in [4.78, 5) is 0. The monoisotopic (exact) mass is 140 g/mol. The zero-order valence-electron chi connectivity index (χ0n) is 6.64. The lowest BCUT2D eigenvalue weighted by molar-refractivity contribution is 0.0474. The molecule has 1 aliphatic carbocycles. The molecular weight excluding hydrogens is 124 g/mol. The van der Waals surface area contributed by atoms with Crippen LogP contribution in [0.3, 0.4) is 0 Å². The van der Waals surface area contributed by atoms with Gasteiger partial charge in [-0.1, -0.05) is 13.0 Å². The molecule has 0 bridgehead atoms. The van der Waals surface area contributed by atoms with Gasteiger partial charge in [-0.05, 0) is 31.6 Å². The Morgan fingerprint density at radius 3 is 2.90 bits per heavy atom. The Labute approximate surface area is 62.8 Å². The van der Waals surface area contributed by atoms with Crippen molar-refractivity contribution in [2.75, 3.05) is 0 Å². The summed E-state index contributed by atoms with van der Waals surface area (Å²) in [7, 11) is 0. The van der Waals surface area contributed by atoms with E-state index in [0.29, 0.717) is 5.92 Å². The predicted molar refractivity (Wildman–Crippen MR) is 42.8 cm³/mol. The lowest BCUT2D eigenvalue weighted by atomic mass is 9.97. The van der Waals surface area contributed by atoms with E-state index in [2.05, 4.69) is 13.5 Å². The third kappa shape index (κ3) is 1.60. The maximum absolute atomic E-state index is 9.79. The van der Waals surface area contributed by atoms with Gasteiger partial charge >= 0.3 is 0 Å². The van der Waals surface area contributed by atoms with Gasteiger partial charge in [0.25, 0.3) is 0 Å². The first-order valence-corrected chi connectivity index (χ1v) is 3.99. The van der Waals surface area contributed by atoms with Crippen molar-refractivity contribution in [3.8, 4) is 0 Å². The molecule has 1 nitrogen and oxygen atoms in total. The molecule has 1 saturated carbocycles. The fraction of sp³-hybridized carbons (Fsp3) is 0.778. The van der Waals surface area contributed by atoms with Gasteiger partial charge in [0.15, 0.2) is 0 Å². The van der Waals surface area contributed by atoms with Crippen LogP contribution in [-0.4, -0.2) is 10.7 Å². The summed E-state index contributed by atoms with van der Waals surface area (Å²) in [6, 6.07) is 0. The second kappa shape index (κ2) is 2.75. The number of hydrogen-bond donors (Lipinski definition) is 1. The molecule has 0 aromatic carbocycles. The molecule has 58 valence electrons. The van der Waals surface area contributed by atoms with Gasteiger partial charge in [-0.15, -0.1) is 6.58 Å². The fourth-order valence-electron chi connectivity index (χ4n) is 1.82. The van der Waals surface area contributed by atoms with Gasteiger partial charge in [0.2, 0.25) is 0 Å². The second-order valence-electron chi connectivity index (χ2n) is 3.57. The first-order valence-electron chi connectivity index (χ1n) is 3.99. The zero-order valence-corrected chi connectivity index (χ0v) is 6.64. The Morgan fingerprint density at radius 1 is 1.80 bits per heavy atom. The first-order chi connectivity index (χ1) is 4.66. The van der Waals surface area contributed by atoms with Crippen LogP contribution >= 0.6 is 0 Å². The minimum atomic E-state index is -0.402. The van der Waals surface area contributed by atoms with Gasteiger partial charge in [-0.2, -0.15) is 0 Å². The van der Waals surface area contributed by atoms with E-state index in [1.165, 1.54) is 6.42 Å². The summed E-state index contributed by atoms with van der Waals surface area (Å²) < 4.78 is 0. The van der Waals surface area contributed by atoms with E-state index in [4.69, 9.17) is 0 Å². The van der Waals surface area contributed by atoms with Gasteiger partial charge < -0.3 is 5.11 Å². The Morgan fingerprint density at radius 2 is 2.50 bits per heavy atom. The second-order valence-corrected chi connectivity index (χ2v) is 3.57. The lowest BCUT2D eigenvalue weighted by Crippen LogP contribution is -2.23. The van der Waals surface area contributed by atoms with E-state index >= 15 is 0 Å². The molecule has 1 fully saturated rings. The van der Waals surface area contributed by atoms with E-state index in [1.807, 2.05) is 6.08 Å². The third-order valence-corrected chi connectivity index (χ3v) is 2.36. The van der Waals surface area contributed by atoms with Crippen molar-refractivity contribution in [3.05, 3.63) is 12.7 Å². The van der Waals surface area contributed by atoms with Crippen LogP contribution < -0.4 is 0 Å². The fourth-order valence-corrected chi connectivity index (χ4v) is 1.82. The minimum Gasteiger partial charge on any atom is -0.390 e. The number of aliphatic hydroxyl groups is 1. The van der Waals surface area contributed by atoms with Crippen LogP contribution in [-0.2, 0) is 0 Å². The van der Waals surface area contributed by atoms with Crippen molar-refractivity contribution in [1.29, 1.82) is 0 Å². The molecule has 0 heterocycles. The van der Waals surface area contributed by atoms with Crippen molar-refractivity contribution in [3.63, 3.8) is 0 Å². The summed E-state index contributed by atoms with van der Waals surface area (Å²) >= 11 is 0. The van der Waals surface area contributed by atoms with Gasteiger partial charge in [0, 0.05) is 0 Å². The van der Waals surface area contributed by atoms with Crippen LogP contribution in [0, 0.1) is 5.92 Å². The Balaban J connectivity index is 2.45. The summed E-state index contributed by atoms with van der Waals surface area (Å²) in [5, 5.41) is 9.79. The Hall–Kier alpha value is -0.300. The van der Waals surface area contributed by atoms with Crippen LogP contribution in [0.2, 0.25) is 0 Å². The molecule has 0 spiro atoms. The van der Waals surface area contributed by atoms with E-state index in [0.717, 1.165) is 19.3 Å². The molecule has 1 heteroatoms. The summed E-state index contributed by atoms with van der Waals surface area (Å²) in [6.07, 6.45) is 5.67. The quantitative estimate of drug-likeness (QED) is 0.582.